The zero-order valence-electron chi connectivity index (χ0n) is 7.59. The van der Waals surface area contributed by atoms with Crippen molar-refractivity contribution in [1.29, 1.82) is 0 Å². The first kappa shape index (κ1) is 9.92. The lowest BCUT2D eigenvalue weighted by Gasteiger charge is -1.99. The third kappa shape index (κ3) is 1.95. The molecular weight excluding hydrogens is 193 g/mol. The Morgan fingerprint density at radius 2 is 2.15 bits per heavy atom. The SMILES string of the molecule is Cn1cc([N+](=O)[O-])c(P(C)(C)=O)n1. The van der Waals surface area contributed by atoms with Crippen LogP contribution in [-0.2, 0) is 11.6 Å². The van der Waals surface area contributed by atoms with Gasteiger partial charge in [-0.15, -0.1) is 0 Å². The maximum absolute atomic E-state index is 11.6. The molecule has 6 nitrogen and oxygen atoms in total. The molecule has 0 N–H and O–H groups in total. The van der Waals surface area contributed by atoms with Crippen LogP contribution in [0.25, 0.3) is 0 Å². The van der Waals surface area contributed by atoms with Crippen molar-refractivity contribution in [2.45, 2.75) is 0 Å². The smallest absolute Gasteiger partial charge is 0.317 e. The summed E-state index contributed by atoms with van der Waals surface area (Å²) in [6.45, 7) is 2.92. The molecule has 0 unspecified atom stereocenters. The average Bonchev–Trinajstić information content (AvgIpc) is 2.29. The van der Waals surface area contributed by atoms with Gasteiger partial charge in [-0.2, -0.15) is 5.10 Å². The van der Waals surface area contributed by atoms with Gasteiger partial charge >= 0.3 is 5.69 Å². The van der Waals surface area contributed by atoms with E-state index in [0.717, 1.165) is 0 Å². The normalized spacial score (nSPS) is 11.6. The largest absolute Gasteiger partial charge is 0.317 e. The summed E-state index contributed by atoms with van der Waals surface area (Å²) in [5, 5.41) is 14.3. The fourth-order valence-electron chi connectivity index (χ4n) is 0.977. The maximum atomic E-state index is 11.6. The summed E-state index contributed by atoms with van der Waals surface area (Å²) >= 11 is 0. The zero-order valence-corrected chi connectivity index (χ0v) is 8.49. The predicted molar refractivity (Wildman–Crippen MR) is 49.0 cm³/mol. The molecule has 0 aliphatic rings. The van der Waals surface area contributed by atoms with Crippen molar-refractivity contribution < 1.29 is 9.49 Å². The Kier molecular flexibility index (Phi) is 2.26. The van der Waals surface area contributed by atoms with Crippen LogP contribution in [0.3, 0.4) is 0 Å². The topological polar surface area (TPSA) is 78.0 Å². The molecule has 1 aromatic heterocycles. The van der Waals surface area contributed by atoms with Crippen LogP contribution in [0.5, 0.6) is 0 Å². The van der Waals surface area contributed by atoms with Crippen molar-refractivity contribution in [3.63, 3.8) is 0 Å². The highest BCUT2D eigenvalue weighted by Crippen LogP contribution is 2.37. The molecule has 0 atom stereocenters. The summed E-state index contributed by atoms with van der Waals surface area (Å²) in [5.41, 5.74) is -0.0872. The van der Waals surface area contributed by atoms with Crippen molar-refractivity contribution in [3.8, 4) is 0 Å². The molecule has 1 heterocycles. The van der Waals surface area contributed by atoms with Crippen molar-refractivity contribution in [2.24, 2.45) is 7.05 Å². The van der Waals surface area contributed by atoms with Crippen molar-refractivity contribution in [2.75, 3.05) is 13.3 Å². The van der Waals surface area contributed by atoms with E-state index in [2.05, 4.69) is 5.10 Å². The summed E-state index contributed by atoms with van der Waals surface area (Å²) in [7, 11) is -1.10. The predicted octanol–water partition coefficient (Wildman–Crippen LogP) is 0.576. The first-order chi connectivity index (χ1) is 5.82. The second-order valence-corrected chi connectivity index (χ2v) is 6.24. The summed E-state index contributed by atoms with van der Waals surface area (Å²) in [4.78, 5) is 9.95. The minimum atomic E-state index is -2.66. The van der Waals surface area contributed by atoms with E-state index in [1.54, 1.807) is 7.05 Å². The summed E-state index contributed by atoms with van der Waals surface area (Å²) < 4.78 is 12.9. The molecule has 7 heteroatoms. The minimum absolute atomic E-state index is 0.0833. The lowest BCUT2D eigenvalue weighted by Crippen LogP contribution is -2.10. The Hall–Kier alpha value is -1.16. The fourth-order valence-corrected chi connectivity index (χ4v) is 2.02. The molecular formula is C6H10N3O3P. The van der Waals surface area contributed by atoms with Crippen LogP contribution < -0.4 is 5.44 Å². The number of aromatic nitrogens is 2. The number of nitro groups is 1. The molecule has 1 aromatic rings. The molecule has 0 aromatic carbocycles. The van der Waals surface area contributed by atoms with Crippen LogP contribution in [0.15, 0.2) is 6.20 Å². The number of aryl methyl sites for hydroxylation is 1. The third-order valence-corrected chi connectivity index (χ3v) is 2.84. The molecule has 0 fully saturated rings. The van der Waals surface area contributed by atoms with Gasteiger partial charge in [0.2, 0.25) is 0 Å². The summed E-state index contributed by atoms with van der Waals surface area (Å²) in [6.07, 6.45) is 1.26. The lowest BCUT2D eigenvalue weighted by atomic mass is 10.6. The standard InChI is InChI=1S/C6H10N3O3P/c1-8-4-5(9(10)11)6(7-8)13(2,3)12/h4H,1-3H3. The van der Waals surface area contributed by atoms with Gasteiger partial charge in [0.1, 0.15) is 13.3 Å². The molecule has 0 saturated heterocycles. The van der Waals surface area contributed by atoms with E-state index < -0.39 is 12.1 Å². The molecule has 0 saturated carbocycles. The van der Waals surface area contributed by atoms with E-state index >= 15 is 0 Å². The molecule has 13 heavy (non-hydrogen) atoms. The van der Waals surface area contributed by atoms with Crippen LogP contribution in [0.4, 0.5) is 5.69 Å². The first-order valence-corrected chi connectivity index (χ1v) is 6.16. The van der Waals surface area contributed by atoms with E-state index in [4.69, 9.17) is 0 Å². The van der Waals surface area contributed by atoms with Gasteiger partial charge in [-0.25, -0.2) is 0 Å². The van der Waals surface area contributed by atoms with E-state index in [1.165, 1.54) is 24.2 Å². The van der Waals surface area contributed by atoms with Crippen LogP contribution in [0, 0.1) is 10.1 Å². The lowest BCUT2D eigenvalue weighted by molar-refractivity contribution is -0.383. The molecule has 0 bridgehead atoms. The van der Waals surface area contributed by atoms with E-state index in [-0.39, 0.29) is 11.1 Å². The van der Waals surface area contributed by atoms with Crippen molar-refractivity contribution in [3.05, 3.63) is 16.3 Å². The van der Waals surface area contributed by atoms with E-state index in [0.29, 0.717) is 0 Å². The van der Waals surface area contributed by atoms with Gasteiger partial charge in [0.05, 0.1) is 4.92 Å². The highest BCUT2D eigenvalue weighted by molar-refractivity contribution is 7.70. The fraction of sp³-hybridized carbons (Fsp3) is 0.500. The summed E-state index contributed by atoms with van der Waals surface area (Å²) in [6, 6.07) is 0. The zero-order chi connectivity index (χ0) is 10.2. The molecule has 72 valence electrons. The Bertz CT molecular complexity index is 392. The maximum Gasteiger partial charge on any atom is 0.317 e. The Balaban J connectivity index is 3.36. The molecule has 0 aliphatic carbocycles. The second kappa shape index (κ2) is 2.96. The molecule has 0 spiro atoms. The number of rotatable bonds is 2. The van der Waals surface area contributed by atoms with Gasteiger partial charge in [-0.05, 0) is 13.3 Å². The first-order valence-electron chi connectivity index (χ1n) is 3.56. The van der Waals surface area contributed by atoms with Gasteiger partial charge in [0, 0.05) is 7.05 Å². The minimum Gasteiger partial charge on any atom is -0.317 e. The Morgan fingerprint density at radius 3 is 2.46 bits per heavy atom. The number of hydrogen-bond donors (Lipinski definition) is 0. The van der Waals surface area contributed by atoms with Gasteiger partial charge in [0.15, 0.2) is 5.44 Å². The highest BCUT2D eigenvalue weighted by Gasteiger charge is 2.27. The van der Waals surface area contributed by atoms with E-state index in [9.17, 15) is 14.7 Å². The quantitative estimate of drug-likeness (QED) is 0.400. The number of nitrogens with zero attached hydrogens (tertiary/aromatic N) is 3. The number of hydrogen-bond acceptors (Lipinski definition) is 4. The van der Waals surface area contributed by atoms with E-state index in [1.807, 2.05) is 0 Å². The second-order valence-electron chi connectivity index (χ2n) is 3.12. The van der Waals surface area contributed by atoms with Gasteiger partial charge in [-0.1, -0.05) is 0 Å². The van der Waals surface area contributed by atoms with Crippen molar-refractivity contribution in [1.82, 2.24) is 9.78 Å². The van der Waals surface area contributed by atoms with Crippen LogP contribution in [-0.4, -0.2) is 28.0 Å². The van der Waals surface area contributed by atoms with Crippen LogP contribution in [0.2, 0.25) is 0 Å². The average molecular weight is 203 g/mol. The molecule has 0 amide bonds. The van der Waals surface area contributed by atoms with Crippen molar-refractivity contribution >= 4 is 18.3 Å². The molecule has 0 radical (unpaired) electrons. The molecule has 0 aliphatic heterocycles. The Morgan fingerprint density at radius 1 is 1.62 bits per heavy atom. The highest BCUT2D eigenvalue weighted by atomic mass is 31.2. The van der Waals surface area contributed by atoms with Gasteiger partial charge in [0.25, 0.3) is 0 Å². The van der Waals surface area contributed by atoms with Crippen LogP contribution >= 0.6 is 7.14 Å². The Labute approximate surface area is 75.1 Å². The van der Waals surface area contributed by atoms with Crippen LogP contribution in [0.1, 0.15) is 0 Å². The monoisotopic (exact) mass is 203 g/mol. The van der Waals surface area contributed by atoms with Gasteiger partial charge in [-0.3, -0.25) is 14.8 Å². The third-order valence-electron chi connectivity index (χ3n) is 1.50. The van der Waals surface area contributed by atoms with Gasteiger partial charge < -0.3 is 4.57 Å². The molecule has 1 rings (SSSR count). The summed E-state index contributed by atoms with van der Waals surface area (Å²) in [5.74, 6) is 0.